The van der Waals surface area contributed by atoms with E-state index in [4.69, 9.17) is 41.9 Å². The molecule has 1 saturated carbocycles. The average Bonchev–Trinajstić information content (AvgIpc) is 3.27. The second-order valence-electron chi connectivity index (χ2n) is 8.91. The van der Waals surface area contributed by atoms with Crippen LogP contribution in [0.1, 0.15) is 52.3 Å². The monoisotopic (exact) mass is 521 g/mol. The number of carbonyl (C=O) groups excluding carboxylic acids is 1. The number of hydrogen-bond donors (Lipinski definition) is 0. The Labute approximate surface area is 214 Å². The first kappa shape index (κ1) is 25.7. The summed E-state index contributed by atoms with van der Waals surface area (Å²) in [7, 11) is 0. The summed E-state index contributed by atoms with van der Waals surface area (Å²) in [6.45, 7) is 6.40. The van der Waals surface area contributed by atoms with Crippen molar-refractivity contribution in [1.29, 1.82) is 0 Å². The fraction of sp³-hybridized carbons (Fsp3) is 0.520. The van der Waals surface area contributed by atoms with Gasteiger partial charge in [0, 0.05) is 11.8 Å². The van der Waals surface area contributed by atoms with Gasteiger partial charge in [0.2, 0.25) is 5.82 Å². The van der Waals surface area contributed by atoms with Gasteiger partial charge in [0.25, 0.3) is 5.89 Å². The first-order valence-electron chi connectivity index (χ1n) is 11.9. The Balaban J connectivity index is 1.34. The molecule has 188 valence electrons. The molecule has 2 aromatic rings. The van der Waals surface area contributed by atoms with Gasteiger partial charge in [-0.05, 0) is 57.4 Å². The van der Waals surface area contributed by atoms with E-state index in [0.717, 1.165) is 12.8 Å². The van der Waals surface area contributed by atoms with Crippen LogP contribution in [0.3, 0.4) is 0 Å². The van der Waals surface area contributed by atoms with Crippen molar-refractivity contribution in [1.82, 2.24) is 10.1 Å². The Morgan fingerprint density at radius 1 is 1.29 bits per heavy atom. The summed E-state index contributed by atoms with van der Waals surface area (Å²) in [6.07, 6.45) is 6.08. The Bertz CT molecular complexity index is 1090. The number of nitrogens with zero attached hydrogens (tertiary/aromatic N) is 3. The van der Waals surface area contributed by atoms with Gasteiger partial charge < -0.3 is 18.7 Å². The maximum Gasteiger partial charge on any atom is 0.309 e. The highest BCUT2D eigenvalue weighted by atomic mass is 35.5. The summed E-state index contributed by atoms with van der Waals surface area (Å²) in [5.41, 5.74) is 1.23. The van der Waals surface area contributed by atoms with Crippen molar-refractivity contribution in [3.05, 3.63) is 35.2 Å². The summed E-state index contributed by atoms with van der Waals surface area (Å²) in [4.78, 5) is 20.8. The molecule has 35 heavy (non-hydrogen) atoms. The van der Waals surface area contributed by atoms with Crippen LogP contribution < -0.4 is 4.74 Å². The second kappa shape index (κ2) is 11.5. The van der Waals surface area contributed by atoms with Gasteiger partial charge >= 0.3 is 5.97 Å². The molecule has 2 atom stereocenters. The van der Waals surface area contributed by atoms with Gasteiger partial charge in [0.05, 0.1) is 34.6 Å². The summed E-state index contributed by atoms with van der Waals surface area (Å²) in [5.74, 6) is 1.02. The standard InChI is InChI=1S/C25H29Cl2N3O5/c1-4-5-8-32-25(31)15-9-18(10-15)34-17-6-7-19(20(26)12-17)22-29-23(35-30-22)16-11-21(27)24(28-13-16)33-14(2)3/h6-7,11-15,18,21,24H,4-5,8-10H2,1-3H3/t15-,18-,21?,24?. The molecule has 0 N–H and O–H groups in total. The SMILES string of the molecule is CCCCOC(=O)[C@H]1C[C@H](Oc2ccc(-c3noc(C4=CC(Cl)C(OC(C)C)N=C4)n3)c(Cl)c2)C1. The molecule has 1 aromatic heterocycles. The maximum atomic E-state index is 12.0. The van der Waals surface area contributed by atoms with Gasteiger partial charge in [0.15, 0.2) is 6.23 Å². The lowest BCUT2D eigenvalue weighted by atomic mass is 9.82. The normalized spacial score (nSPS) is 23.7. The number of ether oxygens (including phenoxy) is 3. The highest BCUT2D eigenvalue weighted by Gasteiger charge is 2.37. The van der Waals surface area contributed by atoms with Crippen LogP contribution in [0.5, 0.6) is 5.75 Å². The van der Waals surface area contributed by atoms with Crippen LogP contribution in [0.2, 0.25) is 5.02 Å². The van der Waals surface area contributed by atoms with Gasteiger partial charge in [-0.25, -0.2) is 0 Å². The molecule has 1 aliphatic heterocycles. The molecular formula is C25H29Cl2N3O5. The predicted molar refractivity (Wildman–Crippen MR) is 134 cm³/mol. The van der Waals surface area contributed by atoms with Crippen molar-refractivity contribution >= 4 is 41.0 Å². The van der Waals surface area contributed by atoms with Crippen LogP contribution in [0.15, 0.2) is 33.8 Å². The van der Waals surface area contributed by atoms with E-state index in [9.17, 15) is 4.79 Å². The molecule has 0 saturated heterocycles. The summed E-state index contributed by atoms with van der Waals surface area (Å²) < 4.78 is 22.3. The van der Waals surface area contributed by atoms with E-state index in [1.807, 2.05) is 13.8 Å². The third-order valence-corrected chi connectivity index (χ3v) is 6.37. The zero-order chi connectivity index (χ0) is 24.9. The van der Waals surface area contributed by atoms with E-state index in [0.29, 0.717) is 53.1 Å². The van der Waals surface area contributed by atoms with Crippen LogP contribution in [-0.2, 0) is 14.3 Å². The number of dihydropyridines is 1. The highest BCUT2D eigenvalue weighted by Crippen LogP contribution is 2.35. The quantitative estimate of drug-likeness (QED) is 0.224. The largest absolute Gasteiger partial charge is 0.490 e. The summed E-state index contributed by atoms with van der Waals surface area (Å²) in [5, 5.41) is 4.03. The lowest BCUT2D eigenvalue weighted by molar-refractivity contribution is -0.155. The number of allylic oxidation sites excluding steroid dienone is 1. The summed E-state index contributed by atoms with van der Waals surface area (Å²) >= 11 is 12.9. The third kappa shape index (κ3) is 6.42. The first-order valence-corrected chi connectivity index (χ1v) is 12.7. The van der Waals surface area contributed by atoms with E-state index in [1.165, 1.54) is 0 Å². The Kier molecular flexibility index (Phi) is 8.46. The highest BCUT2D eigenvalue weighted by molar-refractivity contribution is 6.33. The van der Waals surface area contributed by atoms with E-state index in [2.05, 4.69) is 22.1 Å². The van der Waals surface area contributed by atoms with Crippen molar-refractivity contribution in [3.8, 4) is 17.1 Å². The number of esters is 1. The fourth-order valence-electron chi connectivity index (χ4n) is 3.73. The third-order valence-electron chi connectivity index (χ3n) is 5.71. The average molecular weight is 522 g/mol. The molecule has 10 heteroatoms. The van der Waals surface area contributed by atoms with Crippen LogP contribution in [-0.4, -0.2) is 52.7 Å². The second-order valence-corrected chi connectivity index (χ2v) is 9.83. The van der Waals surface area contributed by atoms with Gasteiger partial charge in [-0.2, -0.15) is 4.98 Å². The van der Waals surface area contributed by atoms with Crippen molar-refractivity contribution < 1.29 is 23.5 Å². The number of alkyl halides is 1. The molecule has 1 aromatic carbocycles. The molecule has 0 amide bonds. The molecule has 2 heterocycles. The zero-order valence-corrected chi connectivity index (χ0v) is 21.5. The number of hydrogen-bond acceptors (Lipinski definition) is 8. The zero-order valence-electron chi connectivity index (χ0n) is 19.9. The number of benzene rings is 1. The molecular weight excluding hydrogens is 493 g/mol. The van der Waals surface area contributed by atoms with E-state index in [1.54, 1.807) is 30.5 Å². The van der Waals surface area contributed by atoms with Crippen molar-refractivity contribution in [2.45, 2.75) is 70.3 Å². The molecule has 2 aliphatic rings. The van der Waals surface area contributed by atoms with Crippen LogP contribution in [0.4, 0.5) is 0 Å². The number of unbranched alkanes of at least 4 members (excludes halogenated alkanes) is 1. The molecule has 4 rings (SSSR count). The van der Waals surface area contributed by atoms with Gasteiger partial charge in [0.1, 0.15) is 11.9 Å². The predicted octanol–water partition coefficient (Wildman–Crippen LogP) is 5.72. The Hall–Kier alpha value is -2.42. The maximum absolute atomic E-state index is 12.0. The van der Waals surface area contributed by atoms with E-state index in [-0.39, 0.29) is 24.1 Å². The molecule has 0 radical (unpaired) electrons. The van der Waals surface area contributed by atoms with Crippen LogP contribution >= 0.6 is 23.2 Å². The van der Waals surface area contributed by atoms with E-state index < -0.39 is 11.6 Å². The van der Waals surface area contributed by atoms with Crippen LogP contribution in [0, 0.1) is 5.92 Å². The van der Waals surface area contributed by atoms with Crippen LogP contribution in [0.25, 0.3) is 17.0 Å². The van der Waals surface area contributed by atoms with Gasteiger partial charge in [-0.15, -0.1) is 11.6 Å². The summed E-state index contributed by atoms with van der Waals surface area (Å²) in [6, 6.07) is 5.29. The Morgan fingerprint density at radius 2 is 2.09 bits per heavy atom. The number of aromatic nitrogens is 2. The topological polar surface area (TPSA) is 96.0 Å². The molecule has 8 nitrogen and oxygen atoms in total. The number of aliphatic imine (C=N–C) groups is 1. The van der Waals surface area contributed by atoms with Crippen molar-refractivity contribution in [2.75, 3.05) is 6.61 Å². The number of halogens is 2. The molecule has 1 fully saturated rings. The fourth-order valence-corrected chi connectivity index (χ4v) is 4.25. The minimum atomic E-state index is -0.456. The Morgan fingerprint density at radius 3 is 2.77 bits per heavy atom. The molecule has 0 bridgehead atoms. The molecule has 0 spiro atoms. The molecule has 1 aliphatic carbocycles. The lowest BCUT2D eigenvalue weighted by Gasteiger charge is -2.33. The van der Waals surface area contributed by atoms with Gasteiger partial charge in [-0.1, -0.05) is 30.1 Å². The lowest BCUT2D eigenvalue weighted by Crippen LogP contribution is -2.39. The van der Waals surface area contributed by atoms with Gasteiger partial charge in [-0.3, -0.25) is 9.79 Å². The minimum absolute atomic E-state index is 0.00947. The number of carbonyl (C=O) groups is 1. The van der Waals surface area contributed by atoms with Crippen molar-refractivity contribution in [3.63, 3.8) is 0 Å². The van der Waals surface area contributed by atoms with Crippen molar-refractivity contribution in [2.24, 2.45) is 10.9 Å². The first-order chi connectivity index (χ1) is 16.8. The number of rotatable bonds is 10. The smallest absolute Gasteiger partial charge is 0.309 e. The van der Waals surface area contributed by atoms with E-state index >= 15 is 0 Å². The minimum Gasteiger partial charge on any atom is -0.490 e. The molecule has 2 unspecified atom stereocenters.